The van der Waals surface area contributed by atoms with Gasteiger partial charge in [0.15, 0.2) is 0 Å². The molecule has 0 N–H and O–H groups in total. The summed E-state index contributed by atoms with van der Waals surface area (Å²) >= 11 is 0. The molecule has 0 amide bonds. The highest BCUT2D eigenvalue weighted by molar-refractivity contribution is 4.80. The van der Waals surface area contributed by atoms with E-state index in [0.717, 1.165) is 0 Å². The van der Waals surface area contributed by atoms with Crippen LogP contribution in [-0.4, -0.2) is 49.1 Å². The first-order valence-corrected chi connectivity index (χ1v) is 6.01. The molecule has 0 radical (unpaired) electrons. The van der Waals surface area contributed by atoms with Crippen LogP contribution < -0.4 is 0 Å². The van der Waals surface area contributed by atoms with E-state index in [9.17, 15) is 0 Å². The lowest BCUT2D eigenvalue weighted by Gasteiger charge is -2.40. The summed E-state index contributed by atoms with van der Waals surface area (Å²) in [4.78, 5) is 4.84. The van der Waals surface area contributed by atoms with Crippen molar-refractivity contribution in [3.63, 3.8) is 0 Å². The van der Waals surface area contributed by atoms with Crippen LogP contribution in [0, 0.1) is 0 Å². The minimum atomic E-state index is 0.716. The Morgan fingerprint density at radius 2 is 1.07 bits per heavy atom. The van der Waals surface area contributed by atoms with Gasteiger partial charge in [-0.1, -0.05) is 27.7 Å². The topological polar surface area (TPSA) is 6.48 Å². The smallest absolute Gasteiger partial charge is 0.0195 e. The molecule has 0 bridgehead atoms. The second-order valence-corrected chi connectivity index (χ2v) is 3.58. The molecule has 88 valence electrons. The Labute approximate surface area is 91.3 Å². The van der Waals surface area contributed by atoms with Crippen LogP contribution in [0.1, 0.15) is 41.5 Å². The van der Waals surface area contributed by atoms with Gasteiger partial charge < -0.3 is 4.90 Å². The molecule has 0 aromatic heterocycles. The molecule has 0 aromatic rings. The van der Waals surface area contributed by atoms with Gasteiger partial charge in [0.1, 0.15) is 0 Å². The lowest BCUT2D eigenvalue weighted by atomic mass is 10.1. The van der Waals surface area contributed by atoms with Gasteiger partial charge in [-0.3, -0.25) is 4.90 Å². The predicted molar refractivity (Wildman–Crippen MR) is 66.9 cm³/mol. The number of hydrogen-bond donors (Lipinski definition) is 0. The fraction of sp³-hybridized carbons (Fsp3) is 1.00. The first-order valence-electron chi connectivity index (χ1n) is 6.01. The molecule has 14 heavy (non-hydrogen) atoms. The molecule has 0 spiro atoms. The molecule has 1 heterocycles. The van der Waals surface area contributed by atoms with Crippen LogP contribution in [-0.2, 0) is 0 Å². The van der Waals surface area contributed by atoms with E-state index in [4.69, 9.17) is 0 Å². The maximum absolute atomic E-state index is 2.44. The van der Waals surface area contributed by atoms with E-state index in [-0.39, 0.29) is 0 Å². The van der Waals surface area contributed by atoms with E-state index in [2.05, 4.69) is 37.7 Å². The van der Waals surface area contributed by atoms with Crippen molar-refractivity contribution in [3.05, 3.63) is 0 Å². The van der Waals surface area contributed by atoms with Crippen LogP contribution in [0.5, 0.6) is 0 Å². The average molecular weight is 202 g/mol. The first kappa shape index (κ1) is 16.4. The third-order valence-electron chi connectivity index (χ3n) is 2.54. The molecule has 1 aliphatic rings. The van der Waals surface area contributed by atoms with Crippen LogP contribution >= 0.6 is 0 Å². The molecule has 2 nitrogen and oxygen atoms in total. The van der Waals surface area contributed by atoms with Gasteiger partial charge in [0, 0.05) is 25.2 Å². The van der Waals surface area contributed by atoms with E-state index in [0.29, 0.717) is 12.1 Å². The van der Waals surface area contributed by atoms with Crippen LogP contribution in [0.25, 0.3) is 0 Å². The summed E-state index contributed by atoms with van der Waals surface area (Å²) < 4.78 is 0. The van der Waals surface area contributed by atoms with Crippen molar-refractivity contribution in [1.29, 1.82) is 0 Å². The summed E-state index contributed by atoms with van der Waals surface area (Å²) in [7, 11) is 4.41. The van der Waals surface area contributed by atoms with Crippen LogP contribution in [0.3, 0.4) is 0 Å². The molecule has 1 aliphatic heterocycles. The molecular formula is C12H30N2. The van der Waals surface area contributed by atoms with Crippen molar-refractivity contribution in [3.8, 4) is 0 Å². The second kappa shape index (κ2) is 9.47. The molecular weight excluding hydrogens is 172 g/mol. The number of likely N-dealkylation sites (N-methyl/N-ethyl adjacent to an activating group) is 2. The lowest BCUT2D eigenvalue weighted by Crippen LogP contribution is -2.53. The average Bonchev–Trinajstić information content (AvgIpc) is 2.20. The zero-order valence-corrected chi connectivity index (χ0v) is 11.5. The van der Waals surface area contributed by atoms with E-state index < -0.39 is 0 Å². The van der Waals surface area contributed by atoms with Gasteiger partial charge in [-0.2, -0.15) is 0 Å². The fourth-order valence-corrected chi connectivity index (χ4v) is 1.67. The summed E-state index contributed by atoms with van der Waals surface area (Å²) in [6.45, 7) is 15.0. The summed E-state index contributed by atoms with van der Waals surface area (Å²) in [5, 5.41) is 0. The van der Waals surface area contributed by atoms with Gasteiger partial charge in [0.2, 0.25) is 0 Å². The van der Waals surface area contributed by atoms with Crippen LogP contribution in [0.4, 0.5) is 0 Å². The normalized spacial score (nSPS) is 28.3. The van der Waals surface area contributed by atoms with Gasteiger partial charge in [0.25, 0.3) is 0 Å². The zero-order chi connectivity index (χ0) is 11.7. The fourth-order valence-electron chi connectivity index (χ4n) is 1.67. The monoisotopic (exact) mass is 202 g/mol. The molecule has 0 aliphatic carbocycles. The minimum Gasteiger partial charge on any atom is -0.303 e. The Bertz CT molecular complexity index is 103. The number of hydrogen-bond acceptors (Lipinski definition) is 2. The summed E-state index contributed by atoms with van der Waals surface area (Å²) in [6.07, 6.45) is 0. The van der Waals surface area contributed by atoms with E-state index in [1.807, 2.05) is 27.7 Å². The van der Waals surface area contributed by atoms with Crippen molar-refractivity contribution in [2.24, 2.45) is 0 Å². The van der Waals surface area contributed by atoms with Crippen LogP contribution in [0.2, 0.25) is 0 Å². The number of nitrogens with zero attached hydrogens (tertiary/aromatic N) is 2. The van der Waals surface area contributed by atoms with Gasteiger partial charge in [-0.15, -0.1) is 0 Å². The standard InChI is InChI=1S/C8H18N2.2C2H6/c1-7-5-9(3)6-8(2)10(7)4;2*1-2/h7-8H,5-6H2,1-4H3;2*1-2H3. The Morgan fingerprint density at radius 1 is 0.786 bits per heavy atom. The summed E-state index contributed by atoms with van der Waals surface area (Å²) in [5.41, 5.74) is 0. The zero-order valence-electron chi connectivity index (χ0n) is 11.5. The van der Waals surface area contributed by atoms with Crippen molar-refractivity contribution < 1.29 is 0 Å². The molecule has 2 heteroatoms. The Kier molecular flexibility index (Phi) is 11.1. The van der Waals surface area contributed by atoms with Gasteiger partial charge >= 0.3 is 0 Å². The Morgan fingerprint density at radius 3 is 1.36 bits per heavy atom. The maximum Gasteiger partial charge on any atom is 0.0195 e. The molecule has 0 saturated carbocycles. The quantitative estimate of drug-likeness (QED) is 0.596. The van der Waals surface area contributed by atoms with Gasteiger partial charge in [0.05, 0.1) is 0 Å². The third kappa shape index (κ3) is 5.61. The van der Waals surface area contributed by atoms with Crippen molar-refractivity contribution in [1.82, 2.24) is 9.80 Å². The molecule has 1 fully saturated rings. The first-order chi connectivity index (χ1) is 6.61. The largest absolute Gasteiger partial charge is 0.303 e. The number of piperazine rings is 1. The molecule has 1 rings (SSSR count). The van der Waals surface area contributed by atoms with E-state index >= 15 is 0 Å². The summed E-state index contributed by atoms with van der Waals surface area (Å²) in [5.74, 6) is 0. The van der Waals surface area contributed by atoms with Crippen molar-refractivity contribution in [2.45, 2.75) is 53.6 Å². The van der Waals surface area contributed by atoms with Crippen molar-refractivity contribution in [2.75, 3.05) is 27.2 Å². The van der Waals surface area contributed by atoms with Gasteiger partial charge in [-0.25, -0.2) is 0 Å². The maximum atomic E-state index is 2.44. The Hall–Kier alpha value is -0.0800. The van der Waals surface area contributed by atoms with E-state index in [1.54, 1.807) is 0 Å². The molecule has 2 unspecified atom stereocenters. The third-order valence-corrected chi connectivity index (χ3v) is 2.54. The SMILES string of the molecule is CC.CC.CC1CN(C)CC(C)N1C. The minimum absolute atomic E-state index is 0.716. The number of rotatable bonds is 0. The van der Waals surface area contributed by atoms with Gasteiger partial charge in [-0.05, 0) is 27.9 Å². The summed E-state index contributed by atoms with van der Waals surface area (Å²) in [6, 6.07) is 1.43. The Balaban J connectivity index is 0. The van der Waals surface area contributed by atoms with E-state index in [1.165, 1.54) is 13.1 Å². The predicted octanol–water partition coefficient (Wildman–Crippen LogP) is 2.69. The second-order valence-electron chi connectivity index (χ2n) is 3.58. The highest BCUT2D eigenvalue weighted by Gasteiger charge is 2.23. The van der Waals surface area contributed by atoms with Crippen molar-refractivity contribution >= 4 is 0 Å². The highest BCUT2D eigenvalue weighted by atomic mass is 15.3. The highest BCUT2D eigenvalue weighted by Crippen LogP contribution is 2.10. The molecule has 2 atom stereocenters. The van der Waals surface area contributed by atoms with Crippen LogP contribution in [0.15, 0.2) is 0 Å². The molecule has 1 saturated heterocycles. The molecule has 0 aromatic carbocycles. The lowest BCUT2D eigenvalue weighted by molar-refractivity contribution is 0.0761.